The van der Waals surface area contributed by atoms with Crippen LogP contribution in [0.3, 0.4) is 0 Å². The number of aryl methyl sites for hydroxylation is 1. The van der Waals surface area contributed by atoms with E-state index in [9.17, 15) is 18.0 Å². The van der Waals surface area contributed by atoms with Crippen LogP contribution in [0.2, 0.25) is 0 Å². The standard InChI is InChI=1S/C19H16F3N3O3S/c1-12-4-2-7-15(8-12)27-10-17-24-25-18(28-17)29-11-16(26)23-14-6-3-5-13(9-14)19(20,21)22/h2-9H,10-11H2,1H3,(H,23,26). The maximum absolute atomic E-state index is 12.7. The Bertz CT molecular complexity index is 992. The minimum atomic E-state index is -4.48. The second kappa shape index (κ2) is 8.99. The molecule has 0 fully saturated rings. The molecule has 0 saturated carbocycles. The Morgan fingerprint density at radius 1 is 1.17 bits per heavy atom. The number of carbonyl (C=O) groups is 1. The molecule has 0 aliphatic rings. The summed E-state index contributed by atoms with van der Waals surface area (Å²) in [6, 6.07) is 11.9. The zero-order valence-corrected chi connectivity index (χ0v) is 16.0. The van der Waals surface area contributed by atoms with E-state index in [-0.39, 0.29) is 29.2 Å². The van der Waals surface area contributed by atoms with Gasteiger partial charge in [-0.1, -0.05) is 30.0 Å². The summed E-state index contributed by atoms with van der Waals surface area (Å²) < 4.78 is 49.1. The molecule has 6 nitrogen and oxygen atoms in total. The van der Waals surface area contributed by atoms with Gasteiger partial charge in [0.05, 0.1) is 11.3 Å². The van der Waals surface area contributed by atoms with Crippen LogP contribution in [-0.2, 0) is 17.6 Å². The first-order chi connectivity index (χ1) is 13.8. The minimum Gasteiger partial charge on any atom is -0.484 e. The quantitative estimate of drug-likeness (QED) is 0.555. The Kier molecular flexibility index (Phi) is 6.42. The number of aromatic nitrogens is 2. The van der Waals surface area contributed by atoms with E-state index in [1.807, 2.05) is 25.1 Å². The van der Waals surface area contributed by atoms with E-state index in [0.29, 0.717) is 5.75 Å². The van der Waals surface area contributed by atoms with E-state index in [1.165, 1.54) is 12.1 Å². The van der Waals surface area contributed by atoms with Crippen LogP contribution < -0.4 is 10.1 Å². The molecule has 0 aliphatic carbocycles. The van der Waals surface area contributed by atoms with E-state index < -0.39 is 17.6 Å². The summed E-state index contributed by atoms with van der Waals surface area (Å²) in [7, 11) is 0. The van der Waals surface area contributed by atoms with E-state index in [2.05, 4.69) is 15.5 Å². The number of amides is 1. The molecule has 0 saturated heterocycles. The predicted octanol–water partition coefficient (Wildman–Crippen LogP) is 4.71. The number of thioether (sulfide) groups is 1. The molecule has 0 bridgehead atoms. The van der Waals surface area contributed by atoms with Crippen molar-refractivity contribution >= 4 is 23.4 Å². The van der Waals surface area contributed by atoms with Crippen molar-refractivity contribution in [2.45, 2.75) is 24.9 Å². The van der Waals surface area contributed by atoms with Crippen molar-refractivity contribution < 1.29 is 27.1 Å². The number of hydrogen-bond donors (Lipinski definition) is 1. The summed E-state index contributed by atoms with van der Waals surface area (Å²) in [5, 5.41) is 10.2. The average Bonchev–Trinajstić information content (AvgIpc) is 3.12. The van der Waals surface area contributed by atoms with Crippen molar-refractivity contribution in [3.63, 3.8) is 0 Å². The third kappa shape index (κ3) is 6.24. The van der Waals surface area contributed by atoms with Crippen LogP contribution in [-0.4, -0.2) is 21.9 Å². The monoisotopic (exact) mass is 423 g/mol. The molecule has 0 aliphatic heterocycles. The number of nitrogens with one attached hydrogen (secondary N) is 1. The molecule has 0 spiro atoms. The fraction of sp³-hybridized carbons (Fsp3) is 0.211. The maximum Gasteiger partial charge on any atom is 0.416 e. The number of nitrogens with zero attached hydrogens (tertiary/aromatic N) is 2. The van der Waals surface area contributed by atoms with Gasteiger partial charge in [0, 0.05) is 5.69 Å². The Morgan fingerprint density at radius 2 is 1.97 bits per heavy atom. The van der Waals surface area contributed by atoms with Crippen LogP contribution in [0.5, 0.6) is 5.75 Å². The summed E-state index contributed by atoms with van der Waals surface area (Å²) in [4.78, 5) is 12.0. The molecule has 1 amide bonds. The summed E-state index contributed by atoms with van der Waals surface area (Å²) >= 11 is 0.972. The fourth-order valence-electron chi connectivity index (χ4n) is 2.30. The van der Waals surface area contributed by atoms with E-state index in [1.54, 1.807) is 6.07 Å². The topological polar surface area (TPSA) is 77.2 Å². The molecule has 3 aromatic rings. The third-order valence-corrected chi connectivity index (χ3v) is 4.42. The lowest BCUT2D eigenvalue weighted by Gasteiger charge is -2.09. The molecule has 0 atom stereocenters. The Balaban J connectivity index is 1.48. The van der Waals surface area contributed by atoms with E-state index >= 15 is 0 Å². The first kappa shape index (κ1) is 20.7. The van der Waals surface area contributed by atoms with E-state index in [0.717, 1.165) is 29.5 Å². The zero-order valence-electron chi connectivity index (χ0n) is 15.2. The number of ether oxygens (including phenoxy) is 1. The molecule has 0 unspecified atom stereocenters. The highest BCUT2D eigenvalue weighted by Crippen LogP contribution is 2.30. The lowest BCUT2D eigenvalue weighted by molar-refractivity contribution is -0.137. The Labute approximate surface area is 168 Å². The first-order valence-corrected chi connectivity index (χ1v) is 9.40. The van der Waals surface area contributed by atoms with Gasteiger partial charge in [-0.2, -0.15) is 13.2 Å². The summed E-state index contributed by atoms with van der Waals surface area (Å²) in [6.45, 7) is 2.02. The van der Waals surface area contributed by atoms with Crippen LogP contribution in [0.25, 0.3) is 0 Å². The molecule has 0 radical (unpaired) electrons. The summed E-state index contributed by atoms with van der Waals surface area (Å²) in [5.41, 5.74) is 0.275. The molecule has 29 heavy (non-hydrogen) atoms. The van der Waals surface area contributed by atoms with Crippen molar-refractivity contribution in [3.8, 4) is 5.75 Å². The van der Waals surface area contributed by atoms with Crippen LogP contribution in [0.4, 0.5) is 18.9 Å². The second-order valence-corrected chi connectivity index (χ2v) is 6.91. The van der Waals surface area contributed by atoms with E-state index in [4.69, 9.17) is 9.15 Å². The van der Waals surface area contributed by atoms with Gasteiger partial charge >= 0.3 is 6.18 Å². The zero-order chi connectivity index (χ0) is 20.9. The number of alkyl halides is 3. The molecule has 10 heteroatoms. The smallest absolute Gasteiger partial charge is 0.416 e. The summed E-state index contributed by atoms with van der Waals surface area (Å²) in [6.07, 6.45) is -4.48. The van der Waals surface area contributed by atoms with Gasteiger partial charge in [-0.25, -0.2) is 0 Å². The molecule has 2 aromatic carbocycles. The minimum absolute atomic E-state index is 0.0585. The Morgan fingerprint density at radius 3 is 2.72 bits per heavy atom. The number of hydrogen-bond acceptors (Lipinski definition) is 6. The number of benzene rings is 2. The van der Waals surface area contributed by atoms with Gasteiger partial charge in [-0.3, -0.25) is 4.79 Å². The largest absolute Gasteiger partial charge is 0.484 e. The molecule has 152 valence electrons. The Hall–Kier alpha value is -3.01. The van der Waals surface area contributed by atoms with Crippen molar-refractivity contribution in [2.75, 3.05) is 11.1 Å². The molecule has 1 aromatic heterocycles. The molecular weight excluding hydrogens is 407 g/mol. The van der Waals surface area contributed by atoms with Crippen molar-refractivity contribution in [2.24, 2.45) is 0 Å². The summed E-state index contributed by atoms with van der Waals surface area (Å²) in [5.74, 6) is 0.312. The first-order valence-electron chi connectivity index (χ1n) is 8.41. The van der Waals surface area contributed by atoms with Gasteiger partial charge in [-0.15, -0.1) is 10.2 Å². The van der Waals surface area contributed by atoms with Gasteiger partial charge in [0.2, 0.25) is 5.91 Å². The van der Waals surface area contributed by atoms with Crippen LogP contribution in [0.1, 0.15) is 17.0 Å². The lowest BCUT2D eigenvalue weighted by Crippen LogP contribution is -2.15. The lowest BCUT2D eigenvalue weighted by atomic mass is 10.2. The SMILES string of the molecule is Cc1cccc(OCc2nnc(SCC(=O)Nc3cccc(C(F)(F)F)c3)o2)c1. The maximum atomic E-state index is 12.7. The average molecular weight is 423 g/mol. The van der Waals surface area contributed by atoms with Gasteiger partial charge in [-0.05, 0) is 42.8 Å². The molecule has 3 rings (SSSR count). The number of rotatable bonds is 7. The van der Waals surface area contributed by atoms with Gasteiger partial charge < -0.3 is 14.5 Å². The van der Waals surface area contributed by atoms with Crippen molar-refractivity contribution in [3.05, 3.63) is 65.5 Å². The van der Waals surface area contributed by atoms with Crippen LogP contribution >= 0.6 is 11.8 Å². The molecule has 1 N–H and O–H groups in total. The number of halogens is 3. The second-order valence-electron chi connectivity index (χ2n) is 5.98. The number of carbonyl (C=O) groups excluding carboxylic acids is 1. The highest BCUT2D eigenvalue weighted by molar-refractivity contribution is 7.99. The van der Waals surface area contributed by atoms with Gasteiger partial charge in [0.15, 0.2) is 6.61 Å². The normalized spacial score (nSPS) is 11.3. The van der Waals surface area contributed by atoms with Crippen molar-refractivity contribution in [1.82, 2.24) is 10.2 Å². The number of anilines is 1. The third-order valence-electron chi connectivity index (χ3n) is 3.60. The van der Waals surface area contributed by atoms with Gasteiger partial charge in [0.1, 0.15) is 5.75 Å². The highest BCUT2D eigenvalue weighted by Gasteiger charge is 2.30. The molecular formula is C19H16F3N3O3S. The van der Waals surface area contributed by atoms with Gasteiger partial charge in [0.25, 0.3) is 11.1 Å². The fourth-order valence-corrected chi connectivity index (χ4v) is 2.88. The van der Waals surface area contributed by atoms with Crippen LogP contribution in [0.15, 0.2) is 58.2 Å². The highest BCUT2D eigenvalue weighted by atomic mass is 32.2. The predicted molar refractivity (Wildman–Crippen MR) is 101 cm³/mol. The van der Waals surface area contributed by atoms with Crippen LogP contribution in [0, 0.1) is 6.92 Å². The van der Waals surface area contributed by atoms with Crippen molar-refractivity contribution in [1.29, 1.82) is 0 Å². The molecule has 1 heterocycles.